The van der Waals surface area contributed by atoms with Gasteiger partial charge in [0.05, 0.1) is 17.6 Å². The second-order valence-electron chi connectivity index (χ2n) is 5.36. The Kier molecular flexibility index (Phi) is 4.83. The highest BCUT2D eigenvalue weighted by Crippen LogP contribution is 2.31. The minimum Gasteiger partial charge on any atom is -0.364 e. The molecule has 1 aromatic heterocycles. The monoisotopic (exact) mass is 389 g/mol. The van der Waals surface area contributed by atoms with Crippen LogP contribution in [-0.4, -0.2) is 21.7 Å². The number of hydrogen-bond donors (Lipinski definition) is 3. The van der Waals surface area contributed by atoms with E-state index in [1.807, 2.05) is 24.3 Å². The van der Waals surface area contributed by atoms with Gasteiger partial charge >= 0.3 is 6.03 Å². The highest BCUT2D eigenvalue weighted by atomic mass is 35.5. The van der Waals surface area contributed by atoms with Gasteiger partial charge in [0, 0.05) is 15.6 Å². The molecule has 0 radical (unpaired) electrons. The smallest absolute Gasteiger partial charge is 0.316 e. The van der Waals surface area contributed by atoms with Gasteiger partial charge in [-0.2, -0.15) is 5.10 Å². The molecule has 0 saturated carbocycles. The van der Waals surface area contributed by atoms with Crippen molar-refractivity contribution in [1.29, 1.82) is 0 Å². The standard InChI is InChI=1S/C17H13Cl2N5O2/c18-10-4-5-12(13(19)7-10)9-2-1-3-11(6-9)24-8-14(22-17(21)26)15(23-24)16(20)25/h1-8H,(H2,20,25)(H3,21,22,26). The Bertz CT molecular complexity index is 1020. The number of nitrogens with two attached hydrogens (primary N) is 2. The number of aromatic nitrogens is 2. The number of benzene rings is 2. The van der Waals surface area contributed by atoms with E-state index < -0.39 is 11.9 Å². The van der Waals surface area contributed by atoms with Crippen molar-refractivity contribution in [1.82, 2.24) is 9.78 Å². The Labute approximate surface area is 158 Å². The Balaban J connectivity index is 2.05. The molecule has 3 aromatic rings. The lowest BCUT2D eigenvalue weighted by molar-refractivity contribution is 0.0996. The molecular weight excluding hydrogens is 377 g/mol. The highest BCUT2D eigenvalue weighted by Gasteiger charge is 2.16. The Morgan fingerprint density at radius 3 is 2.50 bits per heavy atom. The fraction of sp³-hybridized carbons (Fsp3) is 0. The van der Waals surface area contributed by atoms with Gasteiger partial charge in [0.15, 0.2) is 5.69 Å². The van der Waals surface area contributed by atoms with Gasteiger partial charge in [0.1, 0.15) is 0 Å². The van der Waals surface area contributed by atoms with E-state index in [1.54, 1.807) is 18.2 Å². The summed E-state index contributed by atoms with van der Waals surface area (Å²) in [6, 6.07) is 11.7. The Morgan fingerprint density at radius 1 is 1.08 bits per heavy atom. The fourth-order valence-electron chi connectivity index (χ4n) is 2.45. The normalized spacial score (nSPS) is 10.5. The third kappa shape index (κ3) is 3.63. The van der Waals surface area contributed by atoms with E-state index in [2.05, 4.69) is 10.4 Å². The number of amides is 3. The molecule has 0 saturated heterocycles. The van der Waals surface area contributed by atoms with Crippen LogP contribution < -0.4 is 16.8 Å². The molecule has 5 N–H and O–H groups in total. The summed E-state index contributed by atoms with van der Waals surface area (Å²) in [6.45, 7) is 0. The molecule has 0 aliphatic rings. The molecule has 3 amide bonds. The van der Waals surface area contributed by atoms with Crippen molar-refractivity contribution in [2.45, 2.75) is 0 Å². The summed E-state index contributed by atoms with van der Waals surface area (Å²) in [5.41, 5.74) is 12.7. The fourth-order valence-corrected chi connectivity index (χ4v) is 2.97. The summed E-state index contributed by atoms with van der Waals surface area (Å²) in [4.78, 5) is 22.6. The highest BCUT2D eigenvalue weighted by molar-refractivity contribution is 6.36. The number of carbonyl (C=O) groups excluding carboxylic acids is 2. The molecule has 3 rings (SSSR count). The third-order valence-corrected chi connectivity index (χ3v) is 4.11. The SMILES string of the molecule is NC(=O)Nc1cn(-c2cccc(-c3ccc(Cl)cc3Cl)c2)nc1C(N)=O. The quantitative estimate of drug-likeness (QED) is 0.634. The minimum absolute atomic E-state index is 0.0984. The van der Waals surface area contributed by atoms with Crippen LogP contribution in [0.1, 0.15) is 10.5 Å². The lowest BCUT2D eigenvalue weighted by Gasteiger charge is -2.08. The van der Waals surface area contributed by atoms with E-state index >= 15 is 0 Å². The van der Waals surface area contributed by atoms with Gasteiger partial charge in [-0.15, -0.1) is 0 Å². The van der Waals surface area contributed by atoms with Crippen LogP contribution in [0.5, 0.6) is 0 Å². The van der Waals surface area contributed by atoms with Crippen molar-refractivity contribution in [2.24, 2.45) is 11.5 Å². The van der Waals surface area contributed by atoms with Crippen LogP contribution in [0.3, 0.4) is 0 Å². The van der Waals surface area contributed by atoms with E-state index in [9.17, 15) is 9.59 Å². The van der Waals surface area contributed by atoms with Crippen LogP contribution in [0, 0.1) is 0 Å². The van der Waals surface area contributed by atoms with E-state index in [0.717, 1.165) is 11.1 Å². The molecule has 132 valence electrons. The summed E-state index contributed by atoms with van der Waals surface area (Å²) in [7, 11) is 0. The van der Waals surface area contributed by atoms with Gasteiger partial charge in [-0.25, -0.2) is 9.48 Å². The number of anilines is 1. The first-order chi connectivity index (χ1) is 12.3. The molecule has 0 bridgehead atoms. The van der Waals surface area contributed by atoms with Crippen molar-refractivity contribution >= 4 is 40.8 Å². The molecule has 1 heterocycles. The number of urea groups is 1. The van der Waals surface area contributed by atoms with Crippen molar-refractivity contribution in [3.63, 3.8) is 0 Å². The van der Waals surface area contributed by atoms with E-state index in [0.29, 0.717) is 15.7 Å². The van der Waals surface area contributed by atoms with Crippen molar-refractivity contribution in [2.75, 3.05) is 5.32 Å². The predicted molar refractivity (Wildman–Crippen MR) is 101 cm³/mol. The Hall–Kier alpha value is -3.03. The van der Waals surface area contributed by atoms with E-state index in [-0.39, 0.29) is 11.4 Å². The summed E-state index contributed by atoms with van der Waals surface area (Å²) in [6.07, 6.45) is 1.45. The number of nitrogens with one attached hydrogen (secondary N) is 1. The first kappa shape index (κ1) is 17.8. The van der Waals surface area contributed by atoms with Crippen molar-refractivity contribution in [3.05, 3.63) is 64.4 Å². The maximum absolute atomic E-state index is 11.5. The minimum atomic E-state index is -0.825. The van der Waals surface area contributed by atoms with Crippen molar-refractivity contribution in [3.8, 4) is 16.8 Å². The molecule has 7 nitrogen and oxygen atoms in total. The summed E-state index contributed by atoms with van der Waals surface area (Å²) in [5.74, 6) is -0.788. The van der Waals surface area contributed by atoms with Crippen LogP contribution in [0.2, 0.25) is 10.0 Å². The third-order valence-electron chi connectivity index (χ3n) is 3.56. The van der Waals surface area contributed by atoms with Gasteiger partial charge in [-0.05, 0) is 29.8 Å². The zero-order chi connectivity index (χ0) is 18.8. The number of carbonyl (C=O) groups is 2. The van der Waals surface area contributed by atoms with Crippen LogP contribution in [-0.2, 0) is 0 Å². The average molecular weight is 390 g/mol. The van der Waals surface area contributed by atoms with Gasteiger partial charge in [0.25, 0.3) is 5.91 Å². The number of rotatable bonds is 4. The van der Waals surface area contributed by atoms with Crippen LogP contribution in [0.15, 0.2) is 48.7 Å². The molecule has 0 fully saturated rings. The van der Waals surface area contributed by atoms with Crippen molar-refractivity contribution < 1.29 is 9.59 Å². The van der Waals surface area contributed by atoms with Gasteiger partial charge in [-0.1, -0.05) is 41.4 Å². The van der Waals surface area contributed by atoms with Gasteiger partial charge in [0.2, 0.25) is 0 Å². The largest absolute Gasteiger partial charge is 0.364 e. The van der Waals surface area contributed by atoms with Crippen LogP contribution >= 0.6 is 23.2 Å². The molecule has 0 atom stereocenters. The molecule has 9 heteroatoms. The number of hydrogen-bond acceptors (Lipinski definition) is 3. The number of nitrogens with zero attached hydrogens (tertiary/aromatic N) is 2. The lowest BCUT2D eigenvalue weighted by atomic mass is 10.1. The topological polar surface area (TPSA) is 116 Å². The average Bonchev–Trinajstić information content (AvgIpc) is 2.98. The molecule has 26 heavy (non-hydrogen) atoms. The first-order valence-electron chi connectivity index (χ1n) is 7.37. The summed E-state index contributed by atoms with van der Waals surface area (Å²) < 4.78 is 1.42. The molecule has 0 spiro atoms. The van der Waals surface area contributed by atoms with Crippen LogP contribution in [0.4, 0.5) is 10.5 Å². The summed E-state index contributed by atoms with van der Waals surface area (Å²) in [5, 5.41) is 7.49. The lowest BCUT2D eigenvalue weighted by Crippen LogP contribution is -2.22. The number of primary amides is 2. The maximum atomic E-state index is 11.5. The maximum Gasteiger partial charge on any atom is 0.316 e. The summed E-state index contributed by atoms with van der Waals surface area (Å²) >= 11 is 12.2. The van der Waals surface area contributed by atoms with Gasteiger partial charge in [-0.3, -0.25) is 4.79 Å². The van der Waals surface area contributed by atoms with Gasteiger partial charge < -0.3 is 16.8 Å². The zero-order valence-corrected chi connectivity index (χ0v) is 14.8. The Morgan fingerprint density at radius 2 is 1.85 bits per heavy atom. The molecular formula is C17H13Cl2N5O2. The van der Waals surface area contributed by atoms with E-state index in [4.69, 9.17) is 34.7 Å². The zero-order valence-electron chi connectivity index (χ0n) is 13.2. The first-order valence-corrected chi connectivity index (χ1v) is 8.12. The molecule has 2 aromatic carbocycles. The molecule has 0 aliphatic heterocycles. The van der Waals surface area contributed by atoms with Crippen LogP contribution in [0.25, 0.3) is 16.8 Å². The number of halogens is 2. The molecule has 0 unspecified atom stereocenters. The second-order valence-corrected chi connectivity index (χ2v) is 6.21. The van der Waals surface area contributed by atoms with E-state index in [1.165, 1.54) is 10.9 Å². The second kappa shape index (κ2) is 7.07. The predicted octanol–water partition coefficient (Wildman–Crippen LogP) is 3.44. The molecule has 0 aliphatic carbocycles.